The van der Waals surface area contributed by atoms with Gasteiger partial charge in [0.15, 0.2) is 5.82 Å². The van der Waals surface area contributed by atoms with Crippen LogP contribution >= 0.6 is 12.2 Å². The van der Waals surface area contributed by atoms with E-state index in [1.807, 2.05) is 57.8 Å². The molecule has 0 unspecified atom stereocenters. The number of rotatable bonds is 7. The van der Waals surface area contributed by atoms with E-state index in [-0.39, 0.29) is 0 Å². The molecule has 0 N–H and O–H groups in total. The zero-order chi connectivity index (χ0) is 21.8. The van der Waals surface area contributed by atoms with E-state index in [1.54, 1.807) is 0 Å². The van der Waals surface area contributed by atoms with Crippen LogP contribution in [0.3, 0.4) is 0 Å². The molecular formula is C26H26N4OS. The maximum atomic E-state index is 6.01. The summed E-state index contributed by atoms with van der Waals surface area (Å²) in [6, 6.07) is 30.7. The van der Waals surface area contributed by atoms with Gasteiger partial charge in [-0.1, -0.05) is 66.7 Å². The fourth-order valence-corrected chi connectivity index (χ4v) is 4.60. The molecule has 32 heavy (non-hydrogen) atoms. The quantitative estimate of drug-likeness (QED) is 0.358. The monoisotopic (exact) mass is 442 g/mol. The third kappa shape index (κ3) is 4.52. The highest BCUT2D eigenvalue weighted by Gasteiger charge is 2.25. The Morgan fingerprint density at radius 1 is 0.875 bits per heavy atom. The molecule has 1 saturated heterocycles. The van der Waals surface area contributed by atoms with E-state index in [1.165, 1.54) is 5.56 Å². The van der Waals surface area contributed by atoms with Crippen LogP contribution in [0, 0.1) is 4.77 Å². The average molecular weight is 443 g/mol. The Labute approximate surface area is 193 Å². The molecule has 5 rings (SSSR count). The first-order valence-electron chi connectivity index (χ1n) is 11.0. The molecule has 0 radical (unpaired) electrons. The molecule has 5 nitrogen and oxygen atoms in total. The third-order valence-electron chi connectivity index (χ3n) is 5.91. The van der Waals surface area contributed by atoms with Crippen molar-refractivity contribution in [1.82, 2.24) is 19.2 Å². The summed E-state index contributed by atoms with van der Waals surface area (Å²) in [4.78, 5) is 2.43. The zero-order valence-electron chi connectivity index (χ0n) is 17.9. The number of nitrogens with zero attached hydrogens (tertiary/aromatic N) is 4. The molecule has 1 aliphatic rings. The molecule has 0 amide bonds. The van der Waals surface area contributed by atoms with E-state index in [0.717, 1.165) is 36.8 Å². The van der Waals surface area contributed by atoms with Gasteiger partial charge in [0.1, 0.15) is 12.4 Å². The smallest absolute Gasteiger partial charge is 0.203 e. The van der Waals surface area contributed by atoms with Gasteiger partial charge in [-0.15, -0.1) is 0 Å². The van der Waals surface area contributed by atoms with Crippen molar-refractivity contribution in [2.45, 2.75) is 25.6 Å². The fourth-order valence-electron chi connectivity index (χ4n) is 4.29. The van der Waals surface area contributed by atoms with E-state index in [2.05, 4.69) is 47.4 Å². The summed E-state index contributed by atoms with van der Waals surface area (Å²) in [5, 5.41) is 4.87. The number of para-hydroxylation sites is 2. The molecule has 6 heteroatoms. The lowest BCUT2D eigenvalue weighted by Gasteiger charge is -2.16. The predicted octanol–water partition coefficient (Wildman–Crippen LogP) is 5.43. The molecule has 162 valence electrons. The van der Waals surface area contributed by atoms with Crippen LogP contribution in [-0.2, 0) is 13.3 Å². The maximum Gasteiger partial charge on any atom is 0.203 e. The molecule has 1 aromatic heterocycles. The van der Waals surface area contributed by atoms with Gasteiger partial charge in [0.2, 0.25) is 4.77 Å². The second kappa shape index (κ2) is 9.51. The lowest BCUT2D eigenvalue weighted by molar-refractivity contribution is 0.246. The van der Waals surface area contributed by atoms with E-state index in [4.69, 9.17) is 22.1 Å². The summed E-state index contributed by atoms with van der Waals surface area (Å²) in [6.07, 6.45) is 1.15. The van der Waals surface area contributed by atoms with Crippen molar-refractivity contribution in [3.63, 3.8) is 0 Å². The summed E-state index contributed by atoms with van der Waals surface area (Å²) in [6.45, 7) is 3.08. The van der Waals surface area contributed by atoms with Gasteiger partial charge in [-0.05, 0) is 54.4 Å². The van der Waals surface area contributed by atoms with Gasteiger partial charge in [0, 0.05) is 18.8 Å². The molecule has 1 fully saturated rings. The second-order valence-corrected chi connectivity index (χ2v) is 8.45. The highest BCUT2D eigenvalue weighted by molar-refractivity contribution is 7.71. The van der Waals surface area contributed by atoms with Gasteiger partial charge in [-0.2, -0.15) is 5.10 Å². The van der Waals surface area contributed by atoms with Crippen molar-refractivity contribution < 1.29 is 4.74 Å². The lowest BCUT2D eigenvalue weighted by Crippen LogP contribution is -2.24. The Bertz CT molecular complexity index is 1210. The molecule has 0 spiro atoms. The molecule has 0 saturated carbocycles. The predicted molar refractivity (Wildman–Crippen MR) is 129 cm³/mol. The van der Waals surface area contributed by atoms with Crippen LogP contribution < -0.4 is 4.74 Å². The number of likely N-dealkylation sites (tertiary alicyclic amines) is 1. The first-order valence-corrected chi connectivity index (χ1v) is 11.4. The summed E-state index contributed by atoms with van der Waals surface area (Å²) in [5.41, 5.74) is 2.41. The standard InChI is InChI=1S/C26H26N4OS/c32-26-29(20-28-17-16-22(18-28)21-10-4-1-5-11-21)27-25(19-31-24-14-8-3-9-15-24)30(26)23-12-6-2-7-13-23/h1-15,22H,16-20H2/t22-/m0/s1. The number of benzene rings is 3. The van der Waals surface area contributed by atoms with Gasteiger partial charge in [-0.3, -0.25) is 9.47 Å². The normalized spacial score (nSPS) is 16.3. The van der Waals surface area contributed by atoms with Crippen LogP contribution in [0.15, 0.2) is 91.0 Å². The van der Waals surface area contributed by atoms with Crippen molar-refractivity contribution in [3.05, 3.63) is 107 Å². The van der Waals surface area contributed by atoms with E-state index < -0.39 is 0 Å². The van der Waals surface area contributed by atoms with Gasteiger partial charge in [0.05, 0.1) is 6.67 Å². The van der Waals surface area contributed by atoms with Gasteiger partial charge < -0.3 is 4.74 Å². The van der Waals surface area contributed by atoms with Crippen LogP contribution in [0.1, 0.15) is 23.7 Å². The number of hydrogen-bond donors (Lipinski definition) is 0. The van der Waals surface area contributed by atoms with Crippen LogP contribution in [0.25, 0.3) is 5.69 Å². The Morgan fingerprint density at radius 3 is 2.25 bits per heavy atom. The molecule has 2 heterocycles. The van der Waals surface area contributed by atoms with Gasteiger partial charge in [0.25, 0.3) is 0 Å². The minimum absolute atomic E-state index is 0.349. The van der Waals surface area contributed by atoms with Crippen molar-refractivity contribution in [3.8, 4) is 11.4 Å². The van der Waals surface area contributed by atoms with Gasteiger partial charge in [-0.25, -0.2) is 4.68 Å². The van der Waals surface area contributed by atoms with Crippen molar-refractivity contribution in [2.24, 2.45) is 0 Å². The maximum absolute atomic E-state index is 6.01. The highest BCUT2D eigenvalue weighted by Crippen LogP contribution is 2.27. The summed E-state index contributed by atoms with van der Waals surface area (Å²) in [7, 11) is 0. The van der Waals surface area contributed by atoms with Crippen LogP contribution in [0.2, 0.25) is 0 Å². The molecule has 0 aliphatic carbocycles. The molecule has 0 bridgehead atoms. The highest BCUT2D eigenvalue weighted by atomic mass is 32.1. The summed E-state index contributed by atoms with van der Waals surface area (Å²) >= 11 is 5.86. The third-order valence-corrected chi connectivity index (χ3v) is 6.30. The van der Waals surface area contributed by atoms with Crippen LogP contribution in [0.5, 0.6) is 5.75 Å². The first-order chi connectivity index (χ1) is 15.8. The fraction of sp³-hybridized carbons (Fsp3) is 0.231. The number of ether oxygens (including phenoxy) is 1. The zero-order valence-corrected chi connectivity index (χ0v) is 18.7. The minimum Gasteiger partial charge on any atom is -0.486 e. The largest absolute Gasteiger partial charge is 0.486 e. The Kier molecular flexibility index (Phi) is 6.14. The van der Waals surface area contributed by atoms with Crippen molar-refractivity contribution in [2.75, 3.05) is 13.1 Å². The van der Waals surface area contributed by atoms with E-state index in [0.29, 0.717) is 24.0 Å². The number of hydrogen-bond acceptors (Lipinski definition) is 4. The number of aromatic nitrogens is 3. The SMILES string of the molecule is S=c1n(CN2CC[C@H](c3ccccc3)C2)nc(COc2ccccc2)n1-c1ccccc1. The second-order valence-electron chi connectivity index (χ2n) is 8.09. The molecule has 4 aromatic rings. The molecule has 1 atom stereocenters. The van der Waals surface area contributed by atoms with Crippen LogP contribution in [-0.4, -0.2) is 32.3 Å². The average Bonchev–Trinajstić information content (AvgIpc) is 3.44. The summed E-state index contributed by atoms with van der Waals surface area (Å²) < 4.78 is 10.6. The van der Waals surface area contributed by atoms with E-state index in [9.17, 15) is 0 Å². The van der Waals surface area contributed by atoms with Crippen LogP contribution in [0.4, 0.5) is 0 Å². The topological polar surface area (TPSA) is 35.2 Å². The Balaban J connectivity index is 1.38. The summed E-state index contributed by atoms with van der Waals surface area (Å²) in [5.74, 6) is 2.17. The van der Waals surface area contributed by atoms with Crippen molar-refractivity contribution in [1.29, 1.82) is 0 Å². The molecular weight excluding hydrogens is 416 g/mol. The minimum atomic E-state index is 0.349. The van der Waals surface area contributed by atoms with Crippen molar-refractivity contribution >= 4 is 12.2 Å². The Hall–Kier alpha value is -3.22. The van der Waals surface area contributed by atoms with Gasteiger partial charge >= 0.3 is 0 Å². The molecule has 1 aliphatic heterocycles. The molecule has 3 aromatic carbocycles. The lowest BCUT2D eigenvalue weighted by atomic mass is 9.99. The first kappa shape index (κ1) is 20.7. The Morgan fingerprint density at radius 2 is 1.53 bits per heavy atom. The van der Waals surface area contributed by atoms with E-state index >= 15 is 0 Å².